The van der Waals surface area contributed by atoms with Crippen LogP contribution in [-0.4, -0.2) is 13.2 Å². The summed E-state index contributed by atoms with van der Waals surface area (Å²) in [6.07, 6.45) is 0. The fourth-order valence-electron chi connectivity index (χ4n) is 1.55. The molecule has 0 saturated heterocycles. The van der Waals surface area contributed by atoms with Gasteiger partial charge < -0.3 is 10.1 Å². The van der Waals surface area contributed by atoms with Gasteiger partial charge in [0.05, 0.1) is 6.61 Å². The predicted octanol–water partition coefficient (Wildman–Crippen LogP) is 3.39. The molecule has 0 fully saturated rings. The smallest absolute Gasteiger partial charge is 0.119 e. The fraction of sp³-hybridized carbons (Fsp3) is 0.571. The molecule has 0 unspecified atom stereocenters. The highest BCUT2D eigenvalue weighted by molar-refractivity contribution is 5.28. The van der Waals surface area contributed by atoms with Gasteiger partial charge in [-0.3, -0.25) is 0 Å². The second-order valence-corrected chi connectivity index (χ2v) is 4.53. The molecule has 16 heavy (non-hydrogen) atoms. The van der Waals surface area contributed by atoms with E-state index < -0.39 is 0 Å². The van der Waals surface area contributed by atoms with Gasteiger partial charge in [-0.25, -0.2) is 0 Å². The molecule has 1 aromatic rings. The summed E-state index contributed by atoms with van der Waals surface area (Å²) in [5, 5.41) is 3.51. The van der Waals surface area contributed by atoms with Crippen LogP contribution in [0.1, 0.15) is 39.3 Å². The van der Waals surface area contributed by atoms with Crippen molar-refractivity contribution < 1.29 is 4.74 Å². The largest absolute Gasteiger partial charge is 0.494 e. The lowest BCUT2D eigenvalue weighted by atomic mass is 10.1. The molecule has 1 atom stereocenters. The lowest BCUT2D eigenvalue weighted by Gasteiger charge is -2.16. The van der Waals surface area contributed by atoms with Crippen molar-refractivity contribution in [1.29, 1.82) is 0 Å². The lowest BCUT2D eigenvalue weighted by molar-refractivity contribution is 0.340. The second kappa shape index (κ2) is 6.54. The first-order valence-electron chi connectivity index (χ1n) is 6.09. The van der Waals surface area contributed by atoms with Gasteiger partial charge in [0.15, 0.2) is 0 Å². The van der Waals surface area contributed by atoms with Crippen LogP contribution < -0.4 is 10.1 Å². The summed E-state index contributed by atoms with van der Waals surface area (Å²) in [7, 11) is 0. The van der Waals surface area contributed by atoms with Crippen LogP contribution in [0.15, 0.2) is 24.3 Å². The van der Waals surface area contributed by atoms with Crippen molar-refractivity contribution in [2.45, 2.75) is 33.7 Å². The third-order valence-electron chi connectivity index (χ3n) is 2.52. The van der Waals surface area contributed by atoms with Gasteiger partial charge >= 0.3 is 0 Å². The summed E-state index contributed by atoms with van der Waals surface area (Å²) in [4.78, 5) is 0. The van der Waals surface area contributed by atoms with Crippen molar-refractivity contribution in [3.63, 3.8) is 0 Å². The molecule has 0 aromatic heterocycles. The maximum atomic E-state index is 5.42. The number of benzene rings is 1. The highest BCUT2D eigenvalue weighted by Gasteiger charge is 2.05. The molecular formula is C14H23NO. The maximum Gasteiger partial charge on any atom is 0.119 e. The van der Waals surface area contributed by atoms with Crippen LogP contribution in [0.25, 0.3) is 0 Å². The number of rotatable bonds is 6. The van der Waals surface area contributed by atoms with Gasteiger partial charge in [0, 0.05) is 6.04 Å². The summed E-state index contributed by atoms with van der Waals surface area (Å²) in [5.41, 5.74) is 1.31. The van der Waals surface area contributed by atoms with E-state index in [-0.39, 0.29) is 0 Å². The van der Waals surface area contributed by atoms with E-state index >= 15 is 0 Å². The van der Waals surface area contributed by atoms with Crippen LogP contribution in [0.5, 0.6) is 5.75 Å². The fourth-order valence-corrected chi connectivity index (χ4v) is 1.55. The molecule has 2 heteroatoms. The summed E-state index contributed by atoms with van der Waals surface area (Å²) < 4.78 is 5.42. The van der Waals surface area contributed by atoms with Gasteiger partial charge in [-0.15, -0.1) is 0 Å². The van der Waals surface area contributed by atoms with Crippen LogP contribution in [0.4, 0.5) is 0 Å². The first-order valence-corrected chi connectivity index (χ1v) is 6.09. The summed E-state index contributed by atoms with van der Waals surface area (Å²) in [6.45, 7) is 10.4. The number of nitrogens with one attached hydrogen (secondary N) is 1. The molecule has 0 radical (unpaired) electrons. The zero-order chi connectivity index (χ0) is 12.0. The van der Waals surface area contributed by atoms with E-state index in [2.05, 4.69) is 38.2 Å². The highest BCUT2D eigenvalue weighted by atomic mass is 16.5. The molecule has 0 heterocycles. The topological polar surface area (TPSA) is 21.3 Å². The van der Waals surface area contributed by atoms with Crippen molar-refractivity contribution in [2.24, 2.45) is 5.92 Å². The van der Waals surface area contributed by atoms with Gasteiger partial charge in [-0.1, -0.05) is 26.0 Å². The van der Waals surface area contributed by atoms with E-state index in [0.29, 0.717) is 12.0 Å². The van der Waals surface area contributed by atoms with Gasteiger partial charge in [-0.2, -0.15) is 0 Å². The first-order chi connectivity index (χ1) is 7.63. The molecule has 0 saturated carbocycles. The van der Waals surface area contributed by atoms with Crippen molar-refractivity contribution in [1.82, 2.24) is 5.32 Å². The van der Waals surface area contributed by atoms with E-state index in [9.17, 15) is 0 Å². The summed E-state index contributed by atoms with van der Waals surface area (Å²) in [5.74, 6) is 1.63. The molecule has 2 nitrogen and oxygen atoms in total. The maximum absolute atomic E-state index is 5.42. The van der Waals surface area contributed by atoms with Crippen LogP contribution >= 0.6 is 0 Å². The van der Waals surface area contributed by atoms with E-state index in [1.807, 2.05) is 19.1 Å². The highest BCUT2D eigenvalue weighted by Crippen LogP contribution is 2.17. The minimum Gasteiger partial charge on any atom is -0.494 e. The minimum absolute atomic E-state index is 0.401. The van der Waals surface area contributed by atoms with E-state index in [1.54, 1.807) is 0 Å². The molecule has 0 spiro atoms. The van der Waals surface area contributed by atoms with E-state index in [4.69, 9.17) is 4.74 Å². The Kier molecular flexibility index (Phi) is 5.33. The molecule has 0 aliphatic rings. The average molecular weight is 221 g/mol. The third-order valence-corrected chi connectivity index (χ3v) is 2.52. The zero-order valence-electron chi connectivity index (χ0n) is 10.8. The normalized spacial score (nSPS) is 12.8. The number of hydrogen-bond donors (Lipinski definition) is 1. The summed E-state index contributed by atoms with van der Waals surface area (Å²) in [6, 6.07) is 8.73. The molecule has 0 aliphatic heterocycles. The second-order valence-electron chi connectivity index (χ2n) is 4.53. The molecule has 1 aromatic carbocycles. The van der Waals surface area contributed by atoms with Gasteiger partial charge in [0.2, 0.25) is 0 Å². The average Bonchev–Trinajstić information content (AvgIpc) is 2.27. The Morgan fingerprint density at radius 1 is 1.12 bits per heavy atom. The van der Waals surface area contributed by atoms with Crippen LogP contribution in [0, 0.1) is 5.92 Å². The van der Waals surface area contributed by atoms with Crippen molar-refractivity contribution in [3.05, 3.63) is 29.8 Å². The standard InChI is InChI=1S/C14H23NO/c1-5-16-14-8-6-13(7-9-14)12(4)15-10-11(2)3/h6-9,11-12,15H,5,10H2,1-4H3/t12-/m1/s1. The number of ether oxygens (including phenoxy) is 1. The van der Waals surface area contributed by atoms with Gasteiger partial charge in [0.1, 0.15) is 5.75 Å². The van der Waals surface area contributed by atoms with Crippen molar-refractivity contribution in [3.8, 4) is 5.75 Å². The molecule has 90 valence electrons. The predicted molar refractivity (Wildman–Crippen MR) is 68.9 cm³/mol. The van der Waals surface area contributed by atoms with E-state index in [0.717, 1.165) is 18.9 Å². The van der Waals surface area contributed by atoms with Crippen molar-refractivity contribution >= 4 is 0 Å². The third kappa shape index (κ3) is 4.23. The summed E-state index contributed by atoms with van der Waals surface area (Å²) >= 11 is 0. The first kappa shape index (κ1) is 13.0. The van der Waals surface area contributed by atoms with Crippen LogP contribution in [0.2, 0.25) is 0 Å². The molecule has 1 N–H and O–H groups in total. The van der Waals surface area contributed by atoms with Gasteiger partial charge in [0.25, 0.3) is 0 Å². The molecular weight excluding hydrogens is 198 g/mol. The Hall–Kier alpha value is -1.02. The molecule has 0 amide bonds. The van der Waals surface area contributed by atoms with E-state index in [1.165, 1.54) is 5.56 Å². The number of hydrogen-bond acceptors (Lipinski definition) is 2. The van der Waals surface area contributed by atoms with Gasteiger partial charge in [-0.05, 0) is 44.0 Å². The molecule has 0 bridgehead atoms. The lowest BCUT2D eigenvalue weighted by Crippen LogP contribution is -2.23. The Bertz CT molecular complexity index is 292. The minimum atomic E-state index is 0.401. The Labute approximate surface area is 99.0 Å². The SMILES string of the molecule is CCOc1ccc([C@@H](C)NCC(C)C)cc1. The van der Waals surface area contributed by atoms with Crippen molar-refractivity contribution in [2.75, 3.05) is 13.2 Å². The molecule has 1 rings (SSSR count). The zero-order valence-corrected chi connectivity index (χ0v) is 10.8. The Morgan fingerprint density at radius 3 is 2.25 bits per heavy atom. The molecule has 0 aliphatic carbocycles. The van der Waals surface area contributed by atoms with Crippen LogP contribution in [-0.2, 0) is 0 Å². The Morgan fingerprint density at radius 2 is 1.75 bits per heavy atom. The Balaban J connectivity index is 2.52. The quantitative estimate of drug-likeness (QED) is 0.795. The monoisotopic (exact) mass is 221 g/mol. The van der Waals surface area contributed by atoms with Crippen LogP contribution in [0.3, 0.4) is 0 Å².